The maximum absolute atomic E-state index is 5.48. The fourth-order valence-corrected chi connectivity index (χ4v) is 3.11. The van der Waals surface area contributed by atoms with Gasteiger partial charge in [0, 0.05) is 23.4 Å². The molecule has 1 aliphatic rings. The van der Waals surface area contributed by atoms with Crippen molar-refractivity contribution in [1.29, 1.82) is 0 Å². The second-order valence-electron chi connectivity index (χ2n) is 5.88. The van der Waals surface area contributed by atoms with Gasteiger partial charge in [-0.15, -0.1) is 0 Å². The van der Waals surface area contributed by atoms with Crippen molar-refractivity contribution in [3.8, 4) is 22.8 Å². The summed E-state index contributed by atoms with van der Waals surface area (Å²) in [5.41, 5.74) is 5.82. The van der Waals surface area contributed by atoms with Crippen LogP contribution in [0.2, 0.25) is 0 Å². The Morgan fingerprint density at radius 3 is 2.83 bits per heavy atom. The number of nitrogens with one attached hydrogen (secondary N) is 1. The highest BCUT2D eigenvalue weighted by molar-refractivity contribution is 5.72. The quantitative estimate of drug-likeness (QED) is 0.779. The van der Waals surface area contributed by atoms with Crippen molar-refractivity contribution in [1.82, 2.24) is 10.1 Å². The highest BCUT2D eigenvalue weighted by atomic mass is 16.5. The molecule has 2 heterocycles. The van der Waals surface area contributed by atoms with E-state index in [2.05, 4.69) is 58.8 Å². The van der Waals surface area contributed by atoms with Crippen molar-refractivity contribution >= 4 is 5.69 Å². The van der Waals surface area contributed by atoms with Gasteiger partial charge in [-0.2, -0.15) is 4.98 Å². The van der Waals surface area contributed by atoms with Crippen molar-refractivity contribution < 1.29 is 4.52 Å². The lowest BCUT2D eigenvalue weighted by atomic mass is 10.0. The highest BCUT2D eigenvalue weighted by Gasteiger charge is 2.19. The van der Waals surface area contributed by atoms with E-state index in [0.29, 0.717) is 11.7 Å². The van der Waals surface area contributed by atoms with Crippen LogP contribution in [0.4, 0.5) is 5.69 Å². The van der Waals surface area contributed by atoms with Crippen molar-refractivity contribution in [2.24, 2.45) is 0 Å². The average molecular weight is 305 g/mol. The van der Waals surface area contributed by atoms with E-state index >= 15 is 0 Å². The molecule has 4 heteroatoms. The first-order valence-electron chi connectivity index (χ1n) is 8.14. The molecule has 0 radical (unpaired) electrons. The zero-order valence-electron chi connectivity index (χ0n) is 13.2. The van der Waals surface area contributed by atoms with Crippen LogP contribution in [0.25, 0.3) is 22.8 Å². The molecule has 1 aliphatic heterocycles. The molecule has 4 rings (SSSR count). The molecule has 1 aromatic heterocycles. The van der Waals surface area contributed by atoms with E-state index in [1.807, 2.05) is 6.07 Å². The van der Waals surface area contributed by atoms with Gasteiger partial charge in [0.2, 0.25) is 5.82 Å². The largest absolute Gasteiger partial charge is 0.384 e. The number of aryl methyl sites for hydroxylation is 1. The summed E-state index contributed by atoms with van der Waals surface area (Å²) in [4.78, 5) is 4.60. The van der Waals surface area contributed by atoms with Gasteiger partial charge in [0.05, 0.1) is 0 Å². The molecule has 0 atom stereocenters. The first-order chi connectivity index (χ1) is 11.3. The summed E-state index contributed by atoms with van der Waals surface area (Å²) >= 11 is 0. The Kier molecular flexibility index (Phi) is 3.58. The lowest BCUT2D eigenvalue weighted by Gasteiger charge is -2.03. The van der Waals surface area contributed by atoms with Gasteiger partial charge in [0.15, 0.2) is 0 Å². The van der Waals surface area contributed by atoms with Crippen LogP contribution in [0.3, 0.4) is 0 Å². The van der Waals surface area contributed by atoms with Crippen LogP contribution in [-0.4, -0.2) is 16.7 Å². The van der Waals surface area contributed by atoms with E-state index in [1.165, 1.54) is 16.8 Å². The summed E-state index contributed by atoms with van der Waals surface area (Å²) in [6, 6.07) is 14.6. The monoisotopic (exact) mass is 305 g/mol. The minimum Gasteiger partial charge on any atom is -0.384 e. The van der Waals surface area contributed by atoms with Gasteiger partial charge >= 0.3 is 0 Å². The number of fused-ring (bicyclic) bond motifs is 1. The Morgan fingerprint density at radius 1 is 1.13 bits per heavy atom. The molecule has 0 fully saturated rings. The van der Waals surface area contributed by atoms with Gasteiger partial charge in [0.1, 0.15) is 0 Å². The molecule has 0 saturated carbocycles. The number of aromatic nitrogens is 2. The van der Waals surface area contributed by atoms with E-state index < -0.39 is 0 Å². The molecule has 0 amide bonds. The van der Waals surface area contributed by atoms with Gasteiger partial charge in [-0.25, -0.2) is 0 Å². The van der Waals surface area contributed by atoms with E-state index in [4.69, 9.17) is 4.52 Å². The third-order valence-electron chi connectivity index (χ3n) is 4.27. The second kappa shape index (κ2) is 5.88. The van der Waals surface area contributed by atoms with E-state index in [-0.39, 0.29) is 0 Å². The van der Waals surface area contributed by atoms with Crippen molar-refractivity contribution in [2.45, 2.75) is 26.2 Å². The Morgan fingerprint density at radius 2 is 2.00 bits per heavy atom. The van der Waals surface area contributed by atoms with E-state index in [9.17, 15) is 0 Å². The second-order valence-corrected chi connectivity index (χ2v) is 5.88. The molecule has 0 saturated heterocycles. The summed E-state index contributed by atoms with van der Waals surface area (Å²) < 4.78 is 5.48. The van der Waals surface area contributed by atoms with Crippen LogP contribution in [0.15, 0.2) is 47.0 Å². The number of nitrogens with zero attached hydrogens (tertiary/aromatic N) is 2. The summed E-state index contributed by atoms with van der Waals surface area (Å²) in [5.74, 6) is 1.24. The minimum absolute atomic E-state index is 0.576. The van der Waals surface area contributed by atoms with Gasteiger partial charge in [-0.05, 0) is 42.2 Å². The van der Waals surface area contributed by atoms with Crippen LogP contribution in [-0.2, 0) is 12.8 Å². The predicted molar refractivity (Wildman–Crippen MR) is 91.4 cm³/mol. The summed E-state index contributed by atoms with van der Waals surface area (Å²) in [5, 5.41) is 7.57. The minimum atomic E-state index is 0.576. The normalized spacial score (nSPS) is 12.9. The lowest BCUT2D eigenvalue weighted by molar-refractivity contribution is 0.432. The van der Waals surface area contributed by atoms with Gasteiger partial charge < -0.3 is 9.84 Å². The Hall–Kier alpha value is -2.62. The molecular weight excluding hydrogens is 286 g/mol. The average Bonchev–Trinajstić information content (AvgIpc) is 3.25. The molecule has 2 aromatic carbocycles. The lowest BCUT2D eigenvalue weighted by Crippen LogP contribution is -1.90. The SMILES string of the molecule is CCCc1ccc(-c2nc(-c3cccc4c3CCN4)no2)cc1. The summed E-state index contributed by atoms with van der Waals surface area (Å²) in [6.45, 7) is 3.15. The molecule has 23 heavy (non-hydrogen) atoms. The smallest absolute Gasteiger partial charge is 0.258 e. The maximum Gasteiger partial charge on any atom is 0.258 e. The Bertz CT molecular complexity index is 821. The molecule has 116 valence electrons. The van der Waals surface area contributed by atoms with Crippen molar-refractivity contribution in [3.05, 3.63) is 53.6 Å². The molecular formula is C19H19N3O. The maximum atomic E-state index is 5.48. The fraction of sp³-hybridized carbons (Fsp3) is 0.263. The molecule has 0 bridgehead atoms. The molecule has 1 N–H and O–H groups in total. The Balaban J connectivity index is 1.66. The first-order valence-corrected chi connectivity index (χ1v) is 8.14. The number of benzene rings is 2. The standard InChI is InChI=1S/C19H19N3O/c1-2-4-13-7-9-14(10-8-13)19-21-18(22-23-19)16-5-3-6-17-15(16)11-12-20-17/h3,5-10,20H,2,4,11-12H2,1H3. The zero-order chi connectivity index (χ0) is 15.6. The van der Waals surface area contributed by atoms with Crippen LogP contribution in [0.5, 0.6) is 0 Å². The van der Waals surface area contributed by atoms with Crippen LogP contribution >= 0.6 is 0 Å². The zero-order valence-corrected chi connectivity index (χ0v) is 13.2. The summed E-state index contributed by atoms with van der Waals surface area (Å²) in [6.07, 6.45) is 3.25. The van der Waals surface area contributed by atoms with Gasteiger partial charge in [-0.3, -0.25) is 0 Å². The van der Waals surface area contributed by atoms with Gasteiger partial charge in [0.25, 0.3) is 5.89 Å². The number of hydrogen-bond donors (Lipinski definition) is 1. The fourth-order valence-electron chi connectivity index (χ4n) is 3.11. The van der Waals surface area contributed by atoms with Crippen molar-refractivity contribution in [2.75, 3.05) is 11.9 Å². The third-order valence-corrected chi connectivity index (χ3v) is 4.27. The van der Waals surface area contributed by atoms with E-state index in [1.54, 1.807) is 0 Å². The highest BCUT2D eigenvalue weighted by Crippen LogP contribution is 2.32. The number of anilines is 1. The predicted octanol–water partition coefficient (Wildman–Crippen LogP) is 4.32. The number of hydrogen-bond acceptors (Lipinski definition) is 4. The topological polar surface area (TPSA) is 51.0 Å². The van der Waals surface area contributed by atoms with Crippen LogP contribution in [0, 0.1) is 0 Å². The molecule has 4 nitrogen and oxygen atoms in total. The third kappa shape index (κ3) is 2.61. The van der Waals surface area contributed by atoms with Crippen LogP contribution < -0.4 is 5.32 Å². The molecule has 0 unspecified atom stereocenters. The van der Waals surface area contributed by atoms with Crippen LogP contribution in [0.1, 0.15) is 24.5 Å². The van der Waals surface area contributed by atoms with E-state index in [0.717, 1.165) is 36.9 Å². The molecule has 0 aliphatic carbocycles. The number of rotatable bonds is 4. The van der Waals surface area contributed by atoms with Crippen molar-refractivity contribution in [3.63, 3.8) is 0 Å². The summed E-state index contributed by atoms with van der Waals surface area (Å²) in [7, 11) is 0. The van der Waals surface area contributed by atoms with Gasteiger partial charge in [-0.1, -0.05) is 42.8 Å². The Labute approximate surface area is 135 Å². The first kappa shape index (κ1) is 14.0. The molecule has 3 aromatic rings. The molecule has 0 spiro atoms.